The van der Waals surface area contributed by atoms with Gasteiger partial charge in [-0.2, -0.15) is 0 Å². The predicted molar refractivity (Wildman–Crippen MR) is 565 cm³/mol. The number of nitrogens with zero attached hydrogens (tertiary/aromatic N) is 8. The normalized spacial score (nSPS) is 10.8. The van der Waals surface area contributed by atoms with Gasteiger partial charge in [-0.15, -0.1) is 6.54 Å². The smallest absolute Gasteiger partial charge is 0.175 e. The van der Waals surface area contributed by atoms with E-state index in [1.165, 1.54) is 36.4 Å². The quantitative estimate of drug-likeness (QED) is 0.0276. The van der Waals surface area contributed by atoms with Gasteiger partial charge >= 0.3 is 0 Å². The van der Waals surface area contributed by atoms with Crippen LogP contribution in [-0.2, 0) is 78.6 Å². The van der Waals surface area contributed by atoms with Crippen LogP contribution in [0.4, 0.5) is 45.5 Å². The Morgan fingerprint density at radius 3 is 0.718 bits per heavy atom. The van der Waals surface area contributed by atoms with Gasteiger partial charge in [-0.1, -0.05) is 199 Å². The van der Waals surface area contributed by atoms with E-state index in [0.29, 0.717) is 40.7 Å². The van der Waals surface area contributed by atoms with Crippen LogP contribution in [0.5, 0.6) is 69.0 Å². The van der Waals surface area contributed by atoms with Crippen LogP contribution in [0.3, 0.4) is 0 Å². The van der Waals surface area contributed by atoms with Crippen LogP contribution >= 0.6 is 0 Å². The minimum absolute atomic E-state index is 0. The standard InChI is InChI=1S/C15H16NO2.3C15H15NO2.2C14H13NO3S.2C13H11NO.2Zr/c4*1-11-3-8-14(15(17)9-11)16-10-12-4-6-13(18-2)7-5-12;2*1-19(17,18)12-7-8-14(16)13(9-12)15-10-11-5-3-2-4-6-11;2*15-13-9-5-4-8-12(13)14-10-11-6-2-1-3-7-11;;/h3-9,17H,10H2,1-2H3;3*3-10,17H,1-2H3;2*2-10,16H,1H3;2*1-10,15H;;/q-1;;;;;;;;;. The number of ether oxygens (including phenoxy) is 4. The van der Waals surface area contributed by atoms with Gasteiger partial charge < -0.3 is 65.1 Å². The van der Waals surface area contributed by atoms with Gasteiger partial charge in [0.05, 0.1) is 38.2 Å². The largest absolute Gasteiger partial charge is 0.678 e. The molecule has 24 nitrogen and oxygen atoms in total. The van der Waals surface area contributed by atoms with Crippen LogP contribution in [0, 0.1) is 27.7 Å². The molecule has 0 saturated heterocycles. The van der Waals surface area contributed by atoms with Crippen LogP contribution in [0.2, 0.25) is 0 Å². The molecule has 16 aromatic carbocycles. The molecule has 0 unspecified atom stereocenters. The molecule has 8 N–H and O–H groups in total. The molecule has 0 spiro atoms. The molecular weight excluding hydrogens is 1980 g/mol. The Morgan fingerprint density at radius 1 is 0.239 bits per heavy atom. The maximum absolute atomic E-state index is 11.4. The summed E-state index contributed by atoms with van der Waals surface area (Å²) in [6.45, 7) is 8.26. The van der Waals surface area contributed by atoms with Gasteiger partial charge in [-0.3, -0.25) is 34.9 Å². The van der Waals surface area contributed by atoms with Crippen molar-refractivity contribution in [2.45, 2.75) is 44.0 Å². The Labute approximate surface area is 867 Å². The molecular formula is C114H109N8O16S2Zr2-. The summed E-state index contributed by atoms with van der Waals surface area (Å²) in [5.74, 6) is 4.36. The Balaban J connectivity index is 0.000000220. The van der Waals surface area contributed by atoms with E-state index in [4.69, 9.17) is 18.9 Å². The van der Waals surface area contributed by atoms with Crippen molar-refractivity contribution in [2.75, 3.05) is 41.0 Å². The maximum atomic E-state index is 11.4. The number of hydrogen-bond donors (Lipinski definition) is 8. The van der Waals surface area contributed by atoms with Gasteiger partial charge in [-0.25, -0.2) is 16.8 Å². The van der Waals surface area contributed by atoms with Crippen molar-refractivity contribution in [3.05, 3.63) is 448 Å². The second-order valence-corrected chi connectivity index (χ2v) is 34.8. The van der Waals surface area contributed by atoms with E-state index in [-0.39, 0.29) is 120 Å². The van der Waals surface area contributed by atoms with Crippen molar-refractivity contribution in [3.8, 4) is 69.0 Å². The first-order valence-electron chi connectivity index (χ1n) is 43.4. The second-order valence-electron chi connectivity index (χ2n) is 30.7. The summed E-state index contributed by atoms with van der Waals surface area (Å²) in [5, 5.41) is 81.6. The summed E-state index contributed by atoms with van der Waals surface area (Å²) in [6, 6.07) is 112. The molecule has 0 bridgehead atoms. The molecule has 0 heterocycles. The number of phenols is 8. The second kappa shape index (κ2) is 59.5. The fourth-order valence-corrected chi connectivity index (χ4v) is 13.2. The molecule has 0 aliphatic carbocycles. The molecule has 0 aromatic heterocycles. The first-order chi connectivity index (χ1) is 67.4. The van der Waals surface area contributed by atoms with Crippen molar-refractivity contribution in [1.29, 1.82) is 0 Å². The number of aryl methyl sites for hydroxylation is 4. The third kappa shape index (κ3) is 40.4. The molecule has 0 aliphatic heterocycles. The minimum atomic E-state index is -3.31. The fraction of sp³-hybridized carbons (Fsp3) is 0.0965. The van der Waals surface area contributed by atoms with Crippen LogP contribution in [0.25, 0.3) is 5.32 Å². The summed E-state index contributed by atoms with van der Waals surface area (Å²) in [7, 11) is -0.0803. The molecule has 16 rings (SSSR count). The number of phenolic OH excluding ortho intramolecular Hbond substituents is 8. The summed E-state index contributed by atoms with van der Waals surface area (Å²) in [6.07, 6.45) is 14.0. The van der Waals surface area contributed by atoms with Crippen molar-refractivity contribution >= 4 is 109 Å². The molecule has 28 heteroatoms. The molecule has 0 fully saturated rings. The van der Waals surface area contributed by atoms with E-state index in [0.717, 1.165) is 102 Å². The van der Waals surface area contributed by atoms with Gasteiger partial charge in [-0.05, 0) is 277 Å². The average molecular weight is 2090 g/mol. The Hall–Kier alpha value is -15.7. The number of aliphatic imine (C=N–C) groups is 7. The topological polar surface area (TPSA) is 368 Å². The number of aromatic hydroxyl groups is 8. The van der Waals surface area contributed by atoms with Crippen LogP contribution in [0.15, 0.2) is 421 Å². The summed E-state index contributed by atoms with van der Waals surface area (Å²) in [4.78, 5) is 29.7. The minimum Gasteiger partial charge on any atom is -0.678 e. The van der Waals surface area contributed by atoms with Crippen molar-refractivity contribution < 1.29 is 129 Å². The molecule has 16 aromatic rings. The zero-order valence-electron chi connectivity index (χ0n) is 79.8. The third-order valence-corrected chi connectivity index (χ3v) is 21.9. The van der Waals surface area contributed by atoms with Crippen molar-refractivity contribution in [2.24, 2.45) is 34.9 Å². The number of sulfone groups is 2. The maximum Gasteiger partial charge on any atom is 0.175 e. The number of rotatable bonds is 23. The van der Waals surface area contributed by atoms with E-state index in [2.05, 4.69) is 40.3 Å². The van der Waals surface area contributed by atoms with Crippen molar-refractivity contribution in [3.63, 3.8) is 0 Å². The van der Waals surface area contributed by atoms with E-state index < -0.39 is 19.7 Å². The summed E-state index contributed by atoms with van der Waals surface area (Å²) < 4.78 is 66.1. The average Bonchev–Trinajstić information content (AvgIpc) is 0.832. The number of para-hydroxylation sites is 4. The zero-order chi connectivity index (χ0) is 101. The van der Waals surface area contributed by atoms with Gasteiger partial charge in [0.2, 0.25) is 0 Å². The number of methoxy groups -OCH3 is 4. The Bertz CT molecular complexity index is 6630. The molecule has 0 atom stereocenters. The molecule has 722 valence electrons. The van der Waals surface area contributed by atoms with E-state index in [1.807, 2.05) is 289 Å². The Kier molecular flexibility index (Phi) is 47.5. The number of benzene rings is 16. The molecule has 0 amide bonds. The molecule has 0 radical (unpaired) electrons. The van der Waals surface area contributed by atoms with Gasteiger partial charge in [0.1, 0.15) is 109 Å². The van der Waals surface area contributed by atoms with Crippen molar-refractivity contribution in [1.82, 2.24) is 0 Å². The molecule has 142 heavy (non-hydrogen) atoms. The predicted octanol–water partition coefficient (Wildman–Crippen LogP) is 25.7. The van der Waals surface area contributed by atoms with Gasteiger partial charge in [0.15, 0.2) is 19.7 Å². The first-order valence-corrected chi connectivity index (χ1v) is 47.2. The van der Waals surface area contributed by atoms with Crippen LogP contribution in [0.1, 0.15) is 66.8 Å². The van der Waals surface area contributed by atoms with E-state index in [1.54, 1.807) is 151 Å². The van der Waals surface area contributed by atoms with Crippen LogP contribution in [-0.4, -0.2) is 142 Å². The SMILES string of the molecule is COc1ccc(C=Nc2ccc(C)cc2O)cc1.COc1ccc(C=Nc2ccc(C)cc2O)cc1.COc1ccc(C=Nc2ccc(C)cc2O)cc1.COc1ccc(C[N-]c2ccc(C)cc2O)cc1.CS(=O)(=O)c1ccc(O)c(N=Cc2ccccc2)c1.CS(=O)(=O)c1ccc(O)c(N=Cc2ccccc2)c1.Oc1ccccc1N=Cc1ccccc1.Oc1ccccc1N=Cc1ccccc1.[Zr].[Zr]. The van der Waals surface area contributed by atoms with Crippen LogP contribution < -0.4 is 18.9 Å². The monoisotopic (exact) mass is 2090 g/mol. The Morgan fingerprint density at radius 2 is 0.465 bits per heavy atom. The molecule has 0 aliphatic rings. The van der Waals surface area contributed by atoms with Gasteiger partial charge in [0, 0.05) is 108 Å². The van der Waals surface area contributed by atoms with E-state index in [9.17, 15) is 57.7 Å². The summed E-state index contributed by atoms with van der Waals surface area (Å²) in [5.41, 5.74) is 15.7. The zero-order valence-corrected chi connectivity index (χ0v) is 86.3. The van der Waals surface area contributed by atoms with E-state index >= 15 is 0 Å². The summed E-state index contributed by atoms with van der Waals surface area (Å²) >= 11 is 0. The van der Waals surface area contributed by atoms with Gasteiger partial charge in [0.25, 0.3) is 0 Å². The third-order valence-electron chi connectivity index (χ3n) is 19.6. The molecule has 0 saturated carbocycles. The fourth-order valence-electron chi connectivity index (χ4n) is 12.0. The number of hydrogen-bond acceptors (Lipinski definition) is 23. The first kappa shape index (κ1) is 113.